The smallest absolute Gasteiger partial charge is 0.220 e. The van der Waals surface area contributed by atoms with Crippen molar-refractivity contribution in [2.75, 3.05) is 31.6 Å². The zero-order valence-electron chi connectivity index (χ0n) is 18.0. The molecule has 1 aromatic carbocycles. The van der Waals surface area contributed by atoms with Gasteiger partial charge in [-0.15, -0.1) is 24.0 Å². The number of hydrogen-bond acceptors (Lipinski definition) is 4. The van der Waals surface area contributed by atoms with Gasteiger partial charge in [0.1, 0.15) is 5.82 Å². The second-order valence-corrected chi connectivity index (χ2v) is 7.99. The van der Waals surface area contributed by atoms with Gasteiger partial charge in [0, 0.05) is 57.4 Å². The molecular formula is C23H31IN6O. The first kappa shape index (κ1) is 23.3. The summed E-state index contributed by atoms with van der Waals surface area (Å²) in [6.07, 6.45) is 4.43. The second kappa shape index (κ2) is 10.8. The van der Waals surface area contributed by atoms with Crippen molar-refractivity contribution in [2.45, 2.75) is 32.4 Å². The number of pyridine rings is 1. The fourth-order valence-corrected chi connectivity index (χ4v) is 4.41. The number of nitrogens with one attached hydrogen (secondary N) is 1. The second-order valence-electron chi connectivity index (χ2n) is 7.99. The number of fused-ring (bicyclic) bond motifs is 1. The Balaban J connectivity index is 0.00000272. The van der Waals surface area contributed by atoms with E-state index in [0.29, 0.717) is 6.54 Å². The third kappa shape index (κ3) is 5.47. The number of carbonyl (C=O) groups excluding carboxylic acids is 1. The van der Waals surface area contributed by atoms with Crippen LogP contribution in [0.25, 0.3) is 0 Å². The first-order valence-electron chi connectivity index (χ1n) is 10.7. The van der Waals surface area contributed by atoms with Crippen molar-refractivity contribution >= 4 is 41.7 Å². The Morgan fingerprint density at radius 1 is 1.16 bits per heavy atom. The quantitative estimate of drug-likeness (QED) is 0.358. The molecule has 1 fully saturated rings. The molecule has 1 saturated heterocycles. The maximum Gasteiger partial charge on any atom is 0.220 e. The van der Waals surface area contributed by atoms with Crippen LogP contribution in [0.3, 0.4) is 0 Å². The summed E-state index contributed by atoms with van der Waals surface area (Å²) in [5, 5.41) is 3.53. The third-order valence-corrected chi connectivity index (χ3v) is 6.14. The number of anilines is 1. The number of hydrogen-bond donors (Lipinski definition) is 2. The van der Waals surface area contributed by atoms with Crippen molar-refractivity contribution in [1.29, 1.82) is 0 Å². The van der Waals surface area contributed by atoms with Crippen molar-refractivity contribution in [3.05, 3.63) is 59.3 Å². The molecule has 8 heteroatoms. The van der Waals surface area contributed by atoms with E-state index in [1.165, 1.54) is 11.1 Å². The topological polar surface area (TPSA) is 86.9 Å². The zero-order chi connectivity index (χ0) is 20.9. The molecule has 31 heavy (non-hydrogen) atoms. The van der Waals surface area contributed by atoms with Crippen LogP contribution in [-0.2, 0) is 24.3 Å². The number of piperidine rings is 1. The van der Waals surface area contributed by atoms with Crippen LogP contribution in [0, 0.1) is 5.92 Å². The first-order chi connectivity index (χ1) is 14.7. The van der Waals surface area contributed by atoms with Crippen LogP contribution in [0.5, 0.6) is 0 Å². The van der Waals surface area contributed by atoms with Crippen molar-refractivity contribution in [3.8, 4) is 0 Å². The molecule has 1 aromatic heterocycles. The number of primary amides is 1. The van der Waals surface area contributed by atoms with Gasteiger partial charge in [-0.1, -0.05) is 30.3 Å². The normalized spacial score (nSPS) is 17.0. The number of nitrogens with zero attached hydrogens (tertiary/aromatic N) is 4. The lowest BCUT2D eigenvalue weighted by molar-refractivity contribution is -0.122. The molecule has 2 aromatic rings. The van der Waals surface area contributed by atoms with E-state index in [4.69, 9.17) is 5.73 Å². The minimum Gasteiger partial charge on any atom is -0.369 e. The van der Waals surface area contributed by atoms with Crippen LogP contribution >= 0.6 is 24.0 Å². The standard InChI is InChI=1S/C23H30N6O.HI/c1-25-23(29-14-8-17-5-2-3-6-20(17)16-29)27-15-19-7-4-11-26-22(19)28-12-9-18(10-13-28)21(24)30;/h2-7,11,18H,8-10,12-16H2,1H3,(H2,24,30)(H,25,27);1H. The lowest BCUT2D eigenvalue weighted by atomic mass is 9.96. The fourth-order valence-electron chi connectivity index (χ4n) is 4.41. The SMILES string of the molecule is CN=C(NCc1cccnc1N1CCC(C(N)=O)CC1)N1CCc2ccccc2C1.I. The highest BCUT2D eigenvalue weighted by atomic mass is 127. The van der Waals surface area contributed by atoms with Crippen LogP contribution in [0.15, 0.2) is 47.6 Å². The lowest BCUT2D eigenvalue weighted by Crippen LogP contribution is -2.44. The third-order valence-electron chi connectivity index (χ3n) is 6.14. The molecular weight excluding hydrogens is 503 g/mol. The van der Waals surface area contributed by atoms with Gasteiger partial charge >= 0.3 is 0 Å². The average Bonchev–Trinajstić information content (AvgIpc) is 2.80. The Morgan fingerprint density at radius 3 is 2.61 bits per heavy atom. The molecule has 0 aliphatic carbocycles. The Labute approximate surface area is 201 Å². The molecule has 0 atom stereocenters. The predicted octanol–water partition coefficient (Wildman–Crippen LogP) is 2.54. The molecule has 0 radical (unpaired) electrons. The number of guanidine groups is 1. The van der Waals surface area contributed by atoms with Gasteiger partial charge in [-0.3, -0.25) is 9.79 Å². The fraction of sp³-hybridized carbons (Fsp3) is 0.435. The minimum absolute atomic E-state index is 0. The van der Waals surface area contributed by atoms with E-state index in [2.05, 4.69) is 55.4 Å². The van der Waals surface area contributed by atoms with Crippen LogP contribution < -0.4 is 16.0 Å². The van der Waals surface area contributed by atoms with Gasteiger partial charge in [-0.05, 0) is 36.5 Å². The average molecular weight is 534 g/mol. The Morgan fingerprint density at radius 2 is 1.90 bits per heavy atom. The highest BCUT2D eigenvalue weighted by Crippen LogP contribution is 2.25. The van der Waals surface area contributed by atoms with Crippen LogP contribution in [0.2, 0.25) is 0 Å². The number of aromatic nitrogens is 1. The summed E-state index contributed by atoms with van der Waals surface area (Å²) in [5.41, 5.74) is 9.41. The van der Waals surface area contributed by atoms with Crippen LogP contribution in [0.4, 0.5) is 5.82 Å². The summed E-state index contributed by atoms with van der Waals surface area (Å²) in [4.78, 5) is 25.2. The highest BCUT2D eigenvalue weighted by Gasteiger charge is 2.25. The first-order valence-corrected chi connectivity index (χ1v) is 10.7. The van der Waals surface area contributed by atoms with Gasteiger partial charge in [0.15, 0.2) is 5.96 Å². The maximum absolute atomic E-state index is 11.5. The monoisotopic (exact) mass is 534 g/mol. The number of rotatable bonds is 4. The summed E-state index contributed by atoms with van der Waals surface area (Å²) in [6.45, 7) is 4.09. The zero-order valence-corrected chi connectivity index (χ0v) is 20.3. The molecule has 1 amide bonds. The van der Waals surface area contributed by atoms with Gasteiger partial charge in [-0.25, -0.2) is 4.98 Å². The van der Waals surface area contributed by atoms with E-state index >= 15 is 0 Å². The number of halogens is 1. The predicted molar refractivity (Wildman–Crippen MR) is 135 cm³/mol. The number of carbonyl (C=O) groups is 1. The summed E-state index contributed by atoms with van der Waals surface area (Å²) in [6, 6.07) is 12.7. The van der Waals surface area contributed by atoms with E-state index in [9.17, 15) is 4.79 Å². The molecule has 2 aliphatic heterocycles. The van der Waals surface area contributed by atoms with Crippen molar-refractivity contribution in [3.63, 3.8) is 0 Å². The van der Waals surface area contributed by atoms with E-state index in [-0.39, 0.29) is 35.8 Å². The van der Waals surface area contributed by atoms with Crippen molar-refractivity contribution < 1.29 is 4.79 Å². The summed E-state index contributed by atoms with van der Waals surface area (Å²) in [7, 11) is 1.83. The van der Waals surface area contributed by atoms with Crippen LogP contribution in [0.1, 0.15) is 29.5 Å². The van der Waals surface area contributed by atoms with E-state index in [1.54, 1.807) is 0 Å². The molecule has 4 rings (SSSR count). The van der Waals surface area contributed by atoms with E-state index < -0.39 is 0 Å². The van der Waals surface area contributed by atoms with Gasteiger partial charge in [0.2, 0.25) is 5.91 Å². The molecule has 0 unspecified atom stereocenters. The minimum atomic E-state index is -0.190. The largest absolute Gasteiger partial charge is 0.369 e. The lowest BCUT2D eigenvalue weighted by Gasteiger charge is -2.33. The van der Waals surface area contributed by atoms with Crippen molar-refractivity contribution in [2.24, 2.45) is 16.6 Å². The number of nitrogens with two attached hydrogens (primary N) is 1. The molecule has 166 valence electrons. The van der Waals surface area contributed by atoms with Gasteiger partial charge in [-0.2, -0.15) is 0 Å². The Bertz CT molecular complexity index is 926. The summed E-state index contributed by atoms with van der Waals surface area (Å²) < 4.78 is 0. The molecule has 3 heterocycles. The Kier molecular flexibility index (Phi) is 8.11. The van der Waals surface area contributed by atoms with Crippen LogP contribution in [-0.4, -0.2) is 48.4 Å². The summed E-state index contributed by atoms with van der Waals surface area (Å²) in [5.74, 6) is 1.68. The highest BCUT2D eigenvalue weighted by molar-refractivity contribution is 14.0. The molecule has 0 bridgehead atoms. The molecule has 7 nitrogen and oxygen atoms in total. The van der Waals surface area contributed by atoms with E-state index in [1.807, 2.05) is 19.3 Å². The molecule has 0 saturated carbocycles. The van der Waals surface area contributed by atoms with Gasteiger partial charge in [0.05, 0.1) is 0 Å². The molecule has 2 aliphatic rings. The number of amides is 1. The Hall–Kier alpha value is -2.36. The van der Waals surface area contributed by atoms with Gasteiger partial charge < -0.3 is 20.9 Å². The van der Waals surface area contributed by atoms with Crippen molar-refractivity contribution in [1.82, 2.24) is 15.2 Å². The molecule has 0 spiro atoms. The number of aliphatic imine (C=N–C) groups is 1. The van der Waals surface area contributed by atoms with Gasteiger partial charge in [0.25, 0.3) is 0 Å². The maximum atomic E-state index is 11.5. The van der Waals surface area contributed by atoms with E-state index in [0.717, 1.165) is 62.8 Å². The molecule has 3 N–H and O–H groups in total. The summed E-state index contributed by atoms with van der Waals surface area (Å²) >= 11 is 0. The number of benzene rings is 1.